The van der Waals surface area contributed by atoms with Gasteiger partial charge in [0.25, 0.3) is 11.8 Å². The number of alkyl carbamates (subject to hydrolysis) is 1. The van der Waals surface area contributed by atoms with Gasteiger partial charge in [-0.15, -0.1) is 0 Å². The number of amides is 8. The standard InChI is InChI=1S/C57H68F2N8O12/c1-35(27-47(70)36(2)62-56(78)79-34-38-15-10-7-11-16-38)53(75)63-44(20-21-48(60)71)55(77)64-45(54(76)61-25-12-17-41(69)32-67-49(72)22-23-50(67)73)24-26-66(51(74)33-68)52(57(3,4)5)46-28-39(42-29-40(58)18-19-43(42)59)31-65(46)30-37-13-8-6-9-14-37/h6-11,13-16,18-19,22-23,28-29,31,35-36,44-45,52,68H,12,17,20-21,24-27,30,32-34H2,1-5H3,(H2,60,71)(H,61,76)(H,62,78)(H,63,75)(H,64,77)/t35-,36+,44+,45+,52+/m1/s1. The van der Waals surface area contributed by atoms with Crippen LogP contribution in [-0.4, -0.2) is 123 Å². The first-order chi connectivity index (χ1) is 37.4. The van der Waals surface area contributed by atoms with E-state index >= 15 is 4.39 Å². The van der Waals surface area contributed by atoms with Crippen molar-refractivity contribution in [3.63, 3.8) is 0 Å². The molecule has 0 fully saturated rings. The quantitative estimate of drug-likeness (QED) is 0.0328. The Balaban J connectivity index is 1.40. The Bertz CT molecular complexity index is 2870. The van der Waals surface area contributed by atoms with Crippen LogP contribution in [-0.2, 0) is 61.0 Å². The fraction of sp³-hybridized carbons (Fsp3) is 0.404. The van der Waals surface area contributed by atoms with Crippen LogP contribution in [0.25, 0.3) is 11.1 Å². The third-order valence-corrected chi connectivity index (χ3v) is 13.0. The van der Waals surface area contributed by atoms with Crippen molar-refractivity contribution in [1.82, 2.24) is 35.6 Å². The highest BCUT2D eigenvalue weighted by atomic mass is 19.1. The predicted molar refractivity (Wildman–Crippen MR) is 284 cm³/mol. The highest BCUT2D eigenvalue weighted by molar-refractivity contribution is 6.14. The van der Waals surface area contributed by atoms with Gasteiger partial charge in [-0.2, -0.15) is 0 Å². The van der Waals surface area contributed by atoms with E-state index in [0.29, 0.717) is 11.3 Å². The Morgan fingerprint density at radius 2 is 1.39 bits per heavy atom. The van der Waals surface area contributed by atoms with Crippen molar-refractivity contribution in [2.75, 3.05) is 26.2 Å². The first kappa shape index (κ1) is 61.5. The van der Waals surface area contributed by atoms with E-state index < -0.39 is 132 Å². The fourth-order valence-electron chi connectivity index (χ4n) is 8.84. The minimum atomic E-state index is -1.53. The van der Waals surface area contributed by atoms with Gasteiger partial charge < -0.3 is 46.3 Å². The number of Topliss-reactive ketones (excluding diaryl/α,β-unsaturated/α-hetero) is 2. The summed E-state index contributed by atoms with van der Waals surface area (Å²) in [6, 6.07) is 17.6. The van der Waals surface area contributed by atoms with Crippen molar-refractivity contribution < 1.29 is 66.6 Å². The molecule has 422 valence electrons. The Morgan fingerprint density at radius 1 is 0.772 bits per heavy atom. The molecule has 1 aliphatic heterocycles. The number of primary amides is 1. The van der Waals surface area contributed by atoms with Gasteiger partial charge in [-0.05, 0) is 67.0 Å². The summed E-state index contributed by atoms with van der Waals surface area (Å²) in [4.78, 5) is 133. The lowest BCUT2D eigenvalue weighted by Crippen LogP contribution is -2.55. The number of halogens is 2. The molecule has 1 aromatic heterocycles. The molecule has 0 aliphatic carbocycles. The van der Waals surface area contributed by atoms with Crippen molar-refractivity contribution in [1.29, 1.82) is 0 Å². The number of imide groups is 1. The number of aliphatic hydroxyl groups is 1. The van der Waals surface area contributed by atoms with E-state index in [0.717, 1.165) is 40.8 Å². The number of rotatable bonds is 29. The second kappa shape index (κ2) is 28.8. The molecule has 0 spiro atoms. The number of nitrogens with two attached hydrogens (primary N) is 1. The van der Waals surface area contributed by atoms with Gasteiger partial charge in [-0.25, -0.2) is 13.6 Å². The first-order valence-electron chi connectivity index (χ1n) is 25.8. The van der Waals surface area contributed by atoms with Crippen molar-refractivity contribution in [2.45, 2.75) is 110 Å². The van der Waals surface area contributed by atoms with Gasteiger partial charge >= 0.3 is 6.09 Å². The van der Waals surface area contributed by atoms with Crippen LogP contribution in [0.15, 0.2) is 103 Å². The van der Waals surface area contributed by atoms with Crippen LogP contribution in [0.1, 0.15) is 96.0 Å². The number of hydrogen-bond donors (Lipinski definition) is 6. The van der Waals surface area contributed by atoms with Gasteiger partial charge in [-0.1, -0.05) is 88.4 Å². The number of carbonyl (C=O) groups is 10. The van der Waals surface area contributed by atoms with E-state index in [9.17, 15) is 57.4 Å². The zero-order valence-corrected chi connectivity index (χ0v) is 44.8. The molecule has 5 rings (SSSR count). The maximum absolute atomic E-state index is 15.4. The van der Waals surface area contributed by atoms with E-state index in [2.05, 4.69) is 21.3 Å². The molecule has 2 heterocycles. The third-order valence-electron chi connectivity index (χ3n) is 13.0. The third kappa shape index (κ3) is 18.4. The number of aliphatic hydroxyl groups excluding tert-OH is 1. The van der Waals surface area contributed by atoms with Gasteiger partial charge in [0, 0.05) is 80.0 Å². The Labute approximate surface area is 456 Å². The molecule has 20 nitrogen and oxygen atoms in total. The number of aromatic nitrogens is 1. The van der Waals surface area contributed by atoms with Crippen LogP contribution >= 0.6 is 0 Å². The van der Waals surface area contributed by atoms with Crippen molar-refractivity contribution >= 4 is 59.0 Å². The van der Waals surface area contributed by atoms with Crippen LogP contribution in [0.2, 0.25) is 0 Å². The monoisotopic (exact) mass is 1090 g/mol. The molecule has 4 aromatic rings. The highest BCUT2D eigenvalue weighted by Crippen LogP contribution is 2.41. The van der Waals surface area contributed by atoms with E-state index in [1.165, 1.54) is 18.7 Å². The molecule has 1 aliphatic rings. The van der Waals surface area contributed by atoms with E-state index in [1.807, 2.05) is 51.1 Å². The van der Waals surface area contributed by atoms with Crippen LogP contribution < -0.4 is 27.0 Å². The Hall–Kier alpha value is -8.40. The lowest BCUT2D eigenvalue weighted by Gasteiger charge is -2.41. The predicted octanol–water partition coefficient (Wildman–Crippen LogP) is 4.32. The summed E-state index contributed by atoms with van der Waals surface area (Å²) in [7, 11) is 0. The second-order valence-electron chi connectivity index (χ2n) is 20.3. The number of ketones is 2. The first-order valence-corrected chi connectivity index (χ1v) is 25.8. The van der Waals surface area contributed by atoms with Crippen LogP contribution in [0.4, 0.5) is 13.6 Å². The minimum Gasteiger partial charge on any atom is -0.445 e. The van der Waals surface area contributed by atoms with Gasteiger partial charge in [0.1, 0.15) is 36.9 Å². The van der Waals surface area contributed by atoms with Crippen LogP contribution in [0.5, 0.6) is 0 Å². The molecule has 22 heteroatoms. The summed E-state index contributed by atoms with van der Waals surface area (Å²) in [5, 5.41) is 20.8. The van der Waals surface area contributed by atoms with Gasteiger partial charge in [0.2, 0.25) is 29.5 Å². The molecular formula is C57H68F2N8O12. The molecular weight excluding hydrogens is 1030 g/mol. The molecule has 8 amide bonds. The van der Waals surface area contributed by atoms with Crippen molar-refractivity contribution in [3.8, 4) is 11.1 Å². The highest BCUT2D eigenvalue weighted by Gasteiger charge is 2.39. The largest absolute Gasteiger partial charge is 0.445 e. The van der Waals surface area contributed by atoms with Crippen molar-refractivity contribution in [3.05, 3.63) is 132 Å². The van der Waals surface area contributed by atoms with Crippen molar-refractivity contribution in [2.24, 2.45) is 17.1 Å². The van der Waals surface area contributed by atoms with Gasteiger partial charge in [0.05, 0.1) is 18.6 Å². The summed E-state index contributed by atoms with van der Waals surface area (Å²) in [5.74, 6) is -9.05. The van der Waals surface area contributed by atoms with Crippen LogP contribution in [0.3, 0.4) is 0 Å². The minimum absolute atomic E-state index is 0.0274. The molecule has 0 saturated carbocycles. The number of nitrogens with zero attached hydrogens (tertiary/aromatic N) is 3. The maximum atomic E-state index is 15.4. The molecule has 3 aromatic carbocycles. The summed E-state index contributed by atoms with van der Waals surface area (Å²) in [6.07, 6.45) is 1.16. The molecule has 0 bridgehead atoms. The number of ether oxygens (including phenoxy) is 1. The lowest BCUT2D eigenvalue weighted by atomic mass is 9.82. The summed E-state index contributed by atoms with van der Waals surface area (Å²) < 4.78 is 37.0. The summed E-state index contributed by atoms with van der Waals surface area (Å²) in [6.45, 7) is 6.42. The number of nitrogens with one attached hydrogen (secondary N) is 4. The fourth-order valence-corrected chi connectivity index (χ4v) is 8.84. The zero-order valence-electron chi connectivity index (χ0n) is 44.8. The average Bonchev–Trinajstić information content (AvgIpc) is 4.19. The smallest absolute Gasteiger partial charge is 0.408 e. The van der Waals surface area contributed by atoms with E-state index in [-0.39, 0.29) is 63.1 Å². The van der Waals surface area contributed by atoms with Gasteiger partial charge in [-0.3, -0.25) is 48.1 Å². The molecule has 5 atom stereocenters. The number of benzene rings is 3. The zero-order chi connectivity index (χ0) is 58.0. The summed E-state index contributed by atoms with van der Waals surface area (Å²) >= 11 is 0. The van der Waals surface area contributed by atoms with E-state index in [1.54, 1.807) is 47.2 Å². The number of carbonyl (C=O) groups excluding carboxylic acids is 10. The Kier molecular flexibility index (Phi) is 22.4. The van der Waals surface area contributed by atoms with Crippen LogP contribution in [0, 0.1) is 23.0 Å². The SMILES string of the molecule is C[C@H](CC(=O)[C@H](C)NC(=O)OCc1ccccc1)C(=O)N[C@@H](CCC(N)=O)C(=O)N[C@@H](CCN(C(=O)CO)[C@@H](c1cc(-c2cc(F)ccc2F)cn1Cc1ccccc1)C(C)(C)C)C(=O)NCCCC(=O)CN1C(=O)C=CC1=O. The normalized spacial score (nSPS) is 14.1. The average molecular weight is 1100 g/mol. The second-order valence-corrected chi connectivity index (χ2v) is 20.3. The summed E-state index contributed by atoms with van der Waals surface area (Å²) in [5.41, 5.74) is 6.77. The topological polar surface area (TPSA) is 286 Å². The molecule has 0 unspecified atom stereocenters. The molecule has 0 radical (unpaired) electrons. The number of hydrogen-bond acceptors (Lipinski definition) is 12. The van der Waals surface area contributed by atoms with E-state index in [4.69, 9.17) is 10.5 Å². The molecule has 79 heavy (non-hydrogen) atoms. The maximum Gasteiger partial charge on any atom is 0.408 e. The molecule has 0 saturated heterocycles. The Morgan fingerprint density at radius 3 is 2.01 bits per heavy atom. The van der Waals surface area contributed by atoms with Gasteiger partial charge in [0.15, 0.2) is 11.6 Å². The molecule has 7 N–H and O–H groups in total. The lowest BCUT2D eigenvalue weighted by molar-refractivity contribution is -0.141.